The molecule has 118 valence electrons. The van der Waals surface area contributed by atoms with E-state index in [-0.39, 0.29) is 12.0 Å². The van der Waals surface area contributed by atoms with Gasteiger partial charge in [0.15, 0.2) is 0 Å². The molecular formula is C19H15FN4. The van der Waals surface area contributed by atoms with Crippen molar-refractivity contribution in [1.82, 2.24) is 4.98 Å². The summed E-state index contributed by atoms with van der Waals surface area (Å²) in [6, 6.07) is 18.1. The maximum Gasteiger partial charge on any atom is 0.148 e. The number of nitrogens with zero attached hydrogens (tertiary/aromatic N) is 2. The highest BCUT2D eigenvalue weighted by Crippen LogP contribution is 2.29. The van der Waals surface area contributed by atoms with Gasteiger partial charge in [-0.05, 0) is 36.4 Å². The predicted molar refractivity (Wildman–Crippen MR) is 93.6 cm³/mol. The molecule has 3 aromatic rings. The molecular weight excluding hydrogens is 303 g/mol. The molecule has 2 N–H and O–H groups in total. The zero-order chi connectivity index (χ0) is 16.4. The van der Waals surface area contributed by atoms with Gasteiger partial charge in [0, 0.05) is 34.9 Å². The van der Waals surface area contributed by atoms with Crippen LogP contribution in [0.15, 0.2) is 78.0 Å². The first kappa shape index (κ1) is 14.4. The van der Waals surface area contributed by atoms with E-state index in [0.29, 0.717) is 11.5 Å². The lowest BCUT2D eigenvalue weighted by atomic mass is 10.1. The van der Waals surface area contributed by atoms with E-state index in [2.05, 4.69) is 15.6 Å². The second-order valence-corrected chi connectivity index (χ2v) is 5.49. The Morgan fingerprint density at radius 1 is 1.00 bits per heavy atom. The Morgan fingerprint density at radius 3 is 2.75 bits per heavy atom. The van der Waals surface area contributed by atoms with E-state index in [4.69, 9.17) is 4.99 Å². The van der Waals surface area contributed by atoms with Gasteiger partial charge >= 0.3 is 0 Å². The van der Waals surface area contributed by atoms with Crippen molar-refractivity contribution in [2.45, 2.75) is 6.17 Å². The molecule has 2 heterocycles. The standard InChI is InChI=1S/C19H15FN4/c20-14-6-3-7-15(11-14)22-19-16-8-1-2-9-17(16)23-18(24-19)13-5-4-10-21-12-13/h1-12,18,23H,(H,22,24). The van der Waals surface area contributed by atoms with Crippen molar-refractivity contribution in [2.24, 2.45) is 4.99 Å². The normalized spacial score (nSPS) is 15.9. The summed E-state index contributed by atoms with van der Waals surface area (Å²) in [5.41, 5.74) is 3.54. The van der Waals surface area contributed by atoms with Gasteiger partial charge in [0.25, 0.3) is 0 Å². The smallest absolute Gasteiger partial charge is 0.148 e. The molecule has 0 fully saturated rings. The van der Waals surface area contributed by atoms with Crippen molar-refractivity contribution in [1.29, 1.82) is 0 Å². The summed E-state index contributed by atoms with van der Waals surface area (Å²) in [5.74, 6) is 0.412. The summed E-state index contributed by atoms with van der Waals surface area (Å²) >= 11 is 0. The van der Waals surface area contributed by atoms with Crippen molar-refractivity contribution in [3.8, 4) is 0 Å². The van der Waals surface area contributed by atoms with Gasteiger partial charge in [-0.2, -0.15) is 0 Å². The van der Waals surface area contributed by atoms with E-state index >= 15 is 0 Å². The quantitative estimate of drug-likeness (QED) is 0.744. The van der Waals surface area contributed by atoms with Crippen molar-refractivity contribution >= 4 is 17.2 Å². The van der Waals surface area contributed by atoms with Crippen molar-refractivity contribution in [3.05, 3.63) is 90.0 Å². The summed E-state index contributed by atoms with van der Waals surface area (Å²) in [5, 5.41) is 6.63. The highest BCUT2D eigenvalue weighted by molar-refractivity contribution is 6.12. The fraction of sp³-hybridized carbons (Fsp3) is 0.0526. The number of aromatic nitrogens is 1. The monoisotopic (exact) mass is 318 g/mol. The van der Waals surface area contributed by atoms with Crippen LogP contribution in [0.4, 0.5) is 15.8 Å². The number of pyridine rings is 1. The number of fused-ring (bicyclic) bond motifs is 1. The number of rotatable bonds is 2. The van der Waals surface area contributed by atoms with E-state index in [0.717, 1.165) is 16.8 Å². The van der Waals surface area contributed by atoms with Gasteiger partial charge < -0.3 is 10.6 Å². The molecule has 0 aliphatic carbocycles. The van der Waals surface area contributed by atoms with E-state index in [1.165, 1.54) is 12.1 Å². The number of halogens is 1. The third kappa shape index (κ3) is 2.84. The first-order valence-corrected chi connectivity index (χ1v) is 7.66. The largest absolute Gasteiger partial charge is 0.359 e. The van der Waals surface area contributed by atoms with E-state index < -0.39 is 0 Å². The number of amidine groups is 1. The third-order valence-electron chi connectivity index (χ3n) is 3.82. The summed E-state index contributed by atoms with van der Waals surface area (Å²) in [6.45, 7) is 0. The van der Waals surface area contributed by atoms with Crippen LogP contribution in [-0.4, -0.2) is 10.8 Å². The molecule has 0 radical (unpaired) electrons. The van der Waals surface area contributed by atoms with Gasteiger partial charge in [-0.1, -0.05) is 24.3 Å². The molecule has 1 aliphatic rings. The van der Waals surface area contributed by atoms with Crippen LogP contribution in [0, 0.1) is 5.82 Å². The zero-order valence-corrected chi connectivity index (χ0v) is 12.8. The number of nitrogens with one attached hydrogen (secondary N) is 2. The maximum atomic E-state index is 13.5. The van der Waals surface area contributed by atoms with Crippen molar-refractivity contribution < 1.29 is 4.39 Å². The minimum Gasteiger partial charge on any atom is -0.359 e. The fourth-order valence-electron chi connectivity index (χ4n) is 2.69. The highest BCUT2D eigenvalue weighted by atomic mass is 19.1. The lowest BCUT2D eigenvalue weighted by molar-refractivity contribution is 0.628. The molecule has 4 nitrogen and oxygen atoms in total. The van der Waals surface area contributed by atoms with Crippen LogP contribution in [0.25, 0.3) is 0 Å². The van der Waals surface area contributed by atoms with Crippen LogP contribution < -0.4 is 10.6 Å². The van der Waals surface area contributed by atoms with Crippen LogP contribution in [0.3, 0.4) is 0 Å². The zero-order valence-electron chi connectivity index (χ0n) is 12.8. The lowest BCUT2D eigenvalue weighted by Crippen LogP contribution is -2.25. The highest BCUT2D eigenvalue weighted by Gasteiger charge is 2.21. The molecule has 0 bridgehead atoms. The Kier molecular flexibility index (Phi) is 3.67. The third-order valence-corrected chi connectivity index (χ3v) is 3.82. The van der Waals surface area contributed by atoms with Crippen molar-refractivity contribution in [3.63, 3.8) is 0 Å². The Balaban J connectivity index is 1.74. The van der Waals surface area contributed by atoms with Gasteiger partial charge in [-0.3, -0.25) is 4.98 Å². The molecule has 2 aromatic carbocycles. The average molecular weight is 318 g/mol. The Morgan fingerprint density at radius 2 is 1.92 bits per heavy atom. The Hall–Kier alpha value is -3.21. The number of anilines is 2. The number of benzene rings is 2. The summed E-state index contributed by atoms with van der Waals surface area (Å²) in [6.07, 6.45) is 3.27. The topological polar surface area (TPSA) is 49.3 Å². The summed E-state index contributed by atoms with van der Waals surface area (Å²) in [4.78, 5) is 8.91. The van der Waals surface area contributed by atoms with E-state index in [9.17, 15) is 4.39 Å². The maximum absolute atomic E-state index is 13.5. The molecule has 0 amide bonds. The van der Waals surface area contributed by atoms with Gasteiger partial charge in [-0.15, -0.1) is 0 Å². The molecule has 24 heavy (non-hydrogen) atoms. The number of aliphatic imine (C=N–C) groups is 1. The molecule has 1 aliphatic heterocycles. The first-order chi connectivity index (χ1) is 11.8. The number of hydrogen-bond acceptors (Lipinski definition) is 4. The summed E-state index contributed by atoms with van der Waals surface area (Å²) < 4.78 is 13.5. The molecule has 0 spiro atoms. The first-order valence-electron chi connectivity index (χ1n) is 7.66. The lowest BCUT2D eigenvalue weighted by Gasteiger charge is -2.26. The van der Waals surface area contributed by atoms with Gasteiger partial charge in [-0.25, -0.2) is 9.38 Å². The fourth-order valence-corrected chi connectivity index (χ4v) is 2.69. The molecule has 0 saturated carbocycles. The van der Waals surface area contributed by atoms with E-state index in [1.54, 1.807) is 18.5 Å². The molecule has 1 atom stereocenters. The molecule has 1 unspecified atom stereocenters. The van der Waals surface area contributed by atoms with Gasteiger partial charge in [0.2, 0.25) is 0 Å². The second-order valence-electron chi connectivity index (χ2n) is 5.49. The van der Waals surface area contributed by atoms with Gasteiger partial charge in [0.1, 0.15) is 17.8 Å². The molecule has 0 saturated heterocycles. The summed E-state index contributed by atoms with van der Waals surface area (Å²) in [7, 11) is 0. The Labute approximate surface area is 139 Å². The predicted octanol–water partition coefficient (Wildman–Crippen LogP) is 4.20. The van der Waals surface area contributed by atoms with Gasteiger partial charge in [0.05, 0.1) is 0 Å². The molecule has 1 aromatic heterocycles. The molecule has 5 heteroatoms. The van der Waals surface area contributed by atoms with E-state index in [1.807, 2.05) is 42.5 Å². The molecule has 4 rings (SSSR count). The second kappa shape index (κ2) is 6.12. The minimum absolute atomic E-state index is 0.246. The van der Waals surface area contributed by atoms with Crippen molar-refractivity contribution in [2.75, 3.05) is 10.6 Å². The van der Waals surface area contributed by atoms with Crippen LogP contribution >= 0.6 is 0 Å². The SMILES string of the molecule is Fc1cccc(NC2=NC(c3cccnc3)Nc3ccccc32)c1. The van der Waals surface area contributed by atoms with Crippen LogP contribution in [0.5, 0.6) is 0 Å². The number of hydrogen-bond donors (Lipinski definition) is 2. The van der Waals surface area contributed by atoms with Crippen LogP contribution in [0.1, 0.15) is 17.3 Å². The van der Waals surface area contributed by atoms with Crippen LogP contribution in [-0.2, 0) is 0 Å². The van der Waals surface area contributed by atoms with Crippen LogP contribution in [0.2, 0.25) is 0 Å². The Bertz CT molecular complexity index is 893. The minimum atomic E-state index is -0.286. The number of para-hydroxylation sites is 1. The average Bonchev–Trinajstić information content (AvgIpc) is 2.62.